The van der Waals surface area contributed by atoms with Crippen LogP contribution in [0.1, 0.15) is 60.3 Å². The van der Waals surface area contributed by atoms with Crippen molar-refractivity contribution in [2.75, 3.05) is 13.1 Å². The number of unbranched alkanes of at least 4 members (excludes halogenated alkanes) is 1. The Morgan fingerprint density at radius 2 is 1.83 bits per heavy atom. The SMILES string of the molecule is CCCCC(CC)CNCC(=O)NC(C)C(C)C. The summed E-state index contributed by atoms with van der Waals surface area (Å²) >= 11 is 0. The summed E-state index contributed by atoms with van der Waals surface area (Å²) < 4.78 is 0. The van der Waals surface area contributed by atoms with Crippen molar-refractivity contribution in [3.05, 3.63) is 0 Å². The summed E-state index contributed by atoms with van der Waals surface area (Å²) in [6.45, 7) is 12.1. The monoisotopic (exact) mass is 256 g/mol. The Bertz CT molecular complexity index is 217. The Morgan fingerprint density at radius 3 is 2.33 bits per heavy atom. The molecule has 0 aliphatic carbocycles. The van der Waals surface area contributed by atoms with Crippen LogP contribution in [0.4, 0.5) is 0 Å². The van der Waals surface area contributed by atoms with Gasteiger partial charge in [0.1, 0.15) is 0 Å². The molecule has 2 atom stereocenters. The van der Waals surface area contributed by atoms with Crippen LogP contribution >= 0.6 is 0 Å². The molecular formula is C15H32N2O. The zero-order valence-electron chi connectivity index (χ0n) is 12.9. The number of carbonyl (C=O) groups is 1. The van der Waals surface area contributed by atoms with Gasteiger partial charge in [-0.05, 0) is 31.7 Å². The molecule has 0 heterocycles. The average molecular weight is 256 g/mol. The molecule has 0 radical (unpaired) electrons. The fourth-order valence-electron chi connectivity index (χ4n) is 1.80. The number of hydrogen-bond donors (Lipinski definition) is 2. The topological polar surface area (TPSA) is 41.1 Å². The number of rotatable bonds is 10. The summed E-state index contributed by atoms with van der Waals surface area (Å²) in [4.78, 5) is 11.7. The second-order valence-electron chi connectivity index (χ2n) is 5.65. The molecule has 108 valence electrons. The van der Waals surface area contributed by atoms with Crippen LogP contribution in [0.5, 0.6) is 0 Å². The van der Waals surface area contributed by atoms with E-state index in [1.54, 1.807) is 0 Å². The molecule has 0 spiro atoms. The van der Waals surface area contributed by atoms with E-state index in [1.165, 1.54) is 25.7 Å². The molecule has 0 aromatic carbocycles. The molecule has 0 saturated heterocycles. The van der Waals surface area contributed by atoms with Gasteiger partial charge in [-0.3, -0.25) is 4.79 Å². The lowest BCUT2D eigenvalue weighted by Gasteiger charge is -2.19. The smallest absolute Gasteiger partial charge is 0.234 e. The van der Waals surface area contributed by atoms with Crippen molar-refractivity contribution in [2.45, 2.75) is 66.3 Å². The molecule has 1 amide bonds. The molecule has 0 saturated carbocycles. The van der Waals surface area contributed by atoms with E-state index in [4.69, 9.17) is 0 Å². The minimum Gasteiger partial charge on any atom is -0.352 e. The molecule has 0 aromatic rings. The first-order chi connectivity index (χ1) is 8.51. The average Bonchev–Trinajstić information content (AvgIpc) is 2.33. The predicted octanol–water partition coefficient (Wildman–Crippen LogP) is 2.95. The Balaban J connectivity index is 3.71. The molecule has 0 aliphatic heterocycles. The molecule has 2 unspecified atom stereocenters. The molecule has 0 rings (SSSR count). The number of hydrogen-bond acceptors (Lipinski definition) is 2. The van der Waals surface area contributed by atoms with E-state index in [-0.39, 0.29) is 11.9 Å². The quantitative estimate of drug-likeness (QED) is 0.631. The molecule has 0 aliphatic rings. The predicted molar refractivity (Wildman–Crippen MR) is 78.6 cm³/mol. The van der Waals surface area contributed by atoms with Crippen molar-refractivity contribution in [2.24, 2.45) is 11.8 Å². The Hall–Kier alpha value is -0.570. The lowest BCUT2D eigenvalue weighted by Crippen LogP contribution is -2.42. The summed E-state index contributed by atoms with van der Waals surface area (Å²) in [6, 6.07) is 0.251. The van der Waals surface area contributed by atoms with Gasteiger partial charge in [0.05, 0.1) is 6.54 Å². The van der Waals surface area contributed by atoms with Crippen molar-refractivity contribution >= 4 is 5.91 Å². The van der Waals surface area contributed by atoms with E-state index < -0.39 is 0 Å². The molecule has 3 nitrogen and oxygen atoms in total. The molecule has 18 heavy (non-hydrogen) atoms. The van der Waals surface area contributed by atoms with Crippen molar-refractivity contribution in [3.63, 3.8) is 0 Å². The van der Waals surface area contributed by atoms with Crippen LogP contribution in [0.15, 0.2) is 0 Å². The lowest BCUT2D eigenvalue weighted by atomic mass is 9.99. The summed E-state index contributed by atoms with van der Waals surface area (Å²) in [5, 5.41) is 6.29. The lowest BCUT2D eigenvalue weighted by molar-refractivity contribution is -0.121. The van der Waals surface area contributed by atoms with Gasteiger partial charge in [0.15, 0.2) is 0 Å². The van der Waals surface area contributed by atoms with Gasteiger partial charge < -0.3 is 10.6 Å². The van der Waals surface area contributed by atoms with Gasteiger partial charge in [-0.2, -0.15) is 0 Å². The van der Waals surface area contributed by atoms with Crippen molar-refractivity contribution in [3.8, 4) is 0 Å². The third kappa shape index (κ3) is 8.51. The van der Waals surface area contributed by atoms with E-state index in [2.05, 4.69) is 45.3 Å². The van der Waals surface area contributed by atoms with Gasteiger partial charge in [-0.15, -0.1) is 0 Å². The highest BCUT2D eigenvalue weighted by Gasteiger charge is 2.11. The van der Waals surface area contributed by atoms with E-state index in [0.29, 0.717) is 18.4 Å². The molecular weight excluding hydrogens is 224 g/mol. The summed E-state index contributed by atoms with van der Waals surface area (Å²) in [5.41, 5.74) is 0. The number of amides is 1. The van der Waals surface area contributed by atoms with Crippen LogP contribution in [0.2, 0.25) is 0 Å². The van der Waals surface area contributed by atoms with Crippen LogP contribution in [0.25, 0.3) is 0 Å². The maximum absolute atomic E-state index is 11.7. The van der Waals surface area contributed by atoms with E-state index in [9.17, 15) is 4.79 Å². The molecule has 0 bridgehead atoms. The van der Waals surface area contributed by atoms with E-state index in [1.807, 2.05) is 0 Å². The van der Waals surface area contributed by atoms with Gasteiger partial charge in [0.2, 0.25) is 5.91 Å². The van der Waals surface area contributed by atoms with Crippen LogP contribution in [0, 0.1) is 11.8 Å². The molecule has 0 aromatic heterocycles. The third-order valence-corrected chi connectivity index (χ3v) is 3.65. The Morgan fingerprint density at radius 1 is 1.17 bits per heavy atom. The van der Waals surface area contributed by atoms with Crippen LogP contribution in [0.3, 0.4) is 0 Å². The minimum atomic E-state index is 0.113. The zero-order chi connectivity index (χ0) is 14.0. The first-order valence-corrected chi connectivity index (χ1v) is 7.51. The maximum Gasteiger partial charge on any atom is 0.234 e. The summed E-state index contributed by atoms with van der Waals surface area (Å²) in [6.07, 6.45) is 5.00. The van der Waals surface area contributed by atoms with Crippen molar-refractivity contribution in [1.82, 2.24) is 10.6 Å². The largest absolute Gasteiger partial charge is 0.352 e. The van der Waals surface area contributed by atoms with Gasteiger partial charge in [0, 0.05) is 6.04 Å². The first kappa shape index (κ1) is 17.4. The highest BCUT2D eigenvalue weighted by Crippen LogP contribution is 2.10. The van der Waals surface area contributed by atoms with Gasteiger partial charge in [-0.1, -0.05) is 47.0 Å². The summed E-state index contributed by atoms with van der Waals surface area (Å²) in [5.74, 6) is 1.31. The first-order valence-electron chi connectivity index (χ1n) is 7.51. The van der Waals surface area contributed by atoms with Crippen LogP contribution in [-0.2, 0) is 4.79 Å². The van der Waals surface area contributed by atoms with Gasteiger partial charge in [0.25, 0.3) is 0 Å². The molecule has 0 fully saturated rings. The fraction of sp³-hybridized carbons (Fsp3) is 0.933. The van der Waals surface area contributed by atoms with Crippen LogP contribution in [-0.4, -0.2) is 25.0 Å². The van der Waals surface area contributed by atoms with E-state index in [0.717, 1.165) is 6.54 Å². The minimum absolute atomic E-state index is 0.113. The number of nitrogens with one attached hydrogen (secondary N) is 2. The van der Waals surface area contributed by atoms with E-state index >= 15 is 0 Å². The highest BCUT2D eigenvalue weighted by atomic mass is 16.1. The fourth-order valence-corrected chi connectivity index (χ4v) is 1.80. The van der Waals surface area contributed by atoms with Crippen LogP contribution < -0.4 is 10.6 Å². The standard InChI is InChI=1S/C15H32N2O/c1-6-8-9-14(7-2)10-16-11-15(18)17-13(5)12(3)4/h12-14,16H,6-11H2,1-5H3,(H,17,18). The Labute approximate surface area is 113 Å². The highest BCUT2D eigenvalue weighted by molar-refractivity contribution is 5.78. The molecule has 3 heteroatoms. The van der Waals surface area contributed by atoms with Crippen molar-refractivity contribution < 1.29 is 4.79 Å². The normalized spacial score (nSPS) is 14.6. The second kappa shape index (κ2) is 10.4. The molecule has 2 N–H and O–H groups in total. The van der Waals surface area contributed by atoms with Gasteiger partial charge >= 0.3 is 0 Å². The summed E-state index contributed by atoms with van der Waals surface area (Å²) in [7, 11) is 0. The van der Waals surface area contributed by atoms with Gasteiger partial charge in [-0.25, -0.2) is 0 Å². The van der Waals surface area contributed by atoms with Crippen molar-refractivity contribution in [1.29, 1.82) is 0 Å². The third-order valence-electron chi connectivity index (χ3n) is 3.65. The Kier molecular flexibility index (Phi) is 10.0. The number of carbonyl (C=O) groups excluding carboxylic acids is 1. The zero-order valence-corrected chi connectivity index (χ0v) is 12.9. The second-order valence-corrected chi connectivity index (χ2v) is 5.65. The maximum atomic E-state index is 11.7.